The van der Waals surface area contributed by atoms with Crippen molar-refractivity contribution in [1.29, 1.82) is 0 Å². The summed E-state index contributed by atoms with van der Waals surface area (Å²) in [6, 6.07) is 23.6. The molecule has 0 saturated heterocycles. The Kier molecular flexibility index (Phi) is 4.75. The standard InChI is InChI=1S/C24H20N4.Pt/c1-3-7-23-17(5-1)9-13-21-15-19(25-27(21)23)11-12-20-16-22-14-10-18-6-2-4-8-24(18)28(22)26-20;/h1-6,15-16H,9-14H2;/q-2;+2. The normalized spacial score (nSPS) is 13.7. The van der Waals surface area contributed by atoms with Crippen LogP contribution in [-0.4, -0.2) is 19.6 Å². The molecule has 4 aromatic rings. The molecule has 0 spiro atoms. The molecule has 146 valence electrons. The van der Waals surface area contributed by atoms with E-state index in [1.165, 1.54) is 22.5 Å². The minimum Gasteiger partial charge on any atom is -0.262 e. The Morgan fingerprint density at radius 3 is 1.69 bits per heavy atom. The largest absolute Gasteiger partial charge is 2.00 e. The first-order chi connectivity index (χ1) is 13.8. The summed E-state index contributed by atoms with van der Waals surface area (Å²) in [4.78, 5) is 0. The first kappa shape index (κ1) is 18.6. The van der Waals surface area contributed by atoms with Crippen LogP contribution in [0.4, 0.5) is 0 Å². The molecule has 5 heteroatoms. The predicted octanol–water partition coefficient (Wildman–Crippen LogP) is 3.64. The maximum atomic E-state index is 4.87. The van der Waals surface area contributed by atoms with Gasteiger partial charge in [0.1, 0.15) is 0 Å². The van der Waals surface area contributed by atoms with Gasteiger partial charge in [0.25, 0.3) is 0 Å². The van der Waals surface area contributed by atoms with Crippen LogP contribution in [0, 0.1) is 12.1 Å². The monoisotopic (exact) mass is 559 g/mol. The molecule has 6 rings (SSSR count). The van der Waals surface area contributed by atoms with Gasteiger partial charge in [-0.3, -0.25) is 9.36 Å². The molecule has 4 nitrogen and oxygen atoms in total. The third-order valence-electron chi connectivity index (χ3n) is 5.86. The summed E-state index contributed by atoms with van der Waals surface area (Å²) in [6.45, 7) is 0. The second-order valence-corrected chi connectivity index (χ2v) is 7.67. The SMILES string of the molecule is [Pt+2].[c-]1cccc2c1-n1nc(CCc3cc4n(n3)-c3[c-]cccc3CC4)cc1CC2. The molecular weight excluding hydrogens is 539 g/mol. The number of rotatable bonds is 3. The number of hydrogen-bond donors (Lipinski definition) is 0. The van der Waals surface area contributed by atoms with Gasteiger partial charge in [-0.1, -0.05) is 12.8 Å². The Morgan fingerprint density at radius 2 is 1.21 bits per heavy atom. The molecule has 0 N–H and O–H groups in total. The average Bonchev–Trinajstić information content (AvgIpc) is 3.36. The van der Waals surface area contributed by atoms with E-state index in [1.807, 2.05) is 12.1 Å². The molecule has 0 fully saturated rings. The molecule has 0 saturated carbocycles. The van der Waals surface area contributed by atoms with Crippen molar-refractivity contribution in [1.82, 2.24) is 19.6 Å². The van der Waals surface area contributed by atoms with E-state index >= 15 is 0 Å². The minimum atomic E-state index is 0. The maximum absolute atomic E-state index is 4.87. The molecule has 4 heterocycles. The van der Waals surface area contributed by atoms with E-state index in [2.05, 4.69) is 57.9 Å². The second kappa shape index (κ2) is 7.42. The fourth-order valence-electron chi connectivity index (χ4n) is 4.44. The van der Waals surface area contributed by atoms with Crippen molar-refractivity contribution in [3.05, 3.63) is 94.6 Å². The fraction of sp³-hybridized carbons (Fsp3) is 0.250. The molecule has 2 aromatic carbocycles. The van der Waals surface area contributed by atoms with Gasteiger partial charge >= 0.3 is 21.1 Å². The van der Waals surface area contributed by atoms with Gasteiger partial charge < -0.3 is 0 Å². The van der Waals surface area contributed by atoms with Gasteiger partial charge in [-0.25, -0.2) is 0 Å². The van der Waals surface area contributed by atoms with E-state index in [-0.39, 0.29) is 21.1 Å². The van der Waals surface area contributed by atoms with Crippen molar-refractivity contribution in [3.63, 3.8) is 0 Å². The summed E-state index contributed by atoms with van der Waals surface area (Å²) in [7, 11) is 0. The number of benzene rings is 2. The molecule has 29 heavy (non-hydrogen) atoms. The fourth-order valence-corrected chi connectivity index (χ4v) is 4.44. The molecule has 0 bridgehead atoms. The van der Waals surface area contributed by atoms with Crippen LogP contribution < -0.4 is 0 Å². The number of para-hydroxylation sites is 2. The van der Waals surface area contributed by atoms with Gasteiger partial charge in [-0.05, 0) is 49.2 Å². The van der Waals surface area contributed by atoms with Crippen LogP contribution in [0.15, 0.2) is 48.5 Å². The van der Waals surface area contributed by atoms with Gasteiger partial charge in [0.05, 0.1) is 11.4 Å². The second-order valence-electron chi connectivity index (χ2n) is 7.67. The number of aromatic nitrogens is 4. The number of aryl methyl sites for hydroxylation is 6. The summed E-state index contributed by atoms with van der Waals surface area (Å²) in [5.74, 6) is 0. The van der Waals surface area contributed by atoms with Crippen molar-refractivity contribution in [2.75, 3.05) is 0 Å². The topological polar surface area (TPSA) is 35.6 Å². The Bertz CT molecular complexity index is 1090. The summed E-state index contributed by atoms with van der Waals surface area (Å²) >= 11 is 0. The third kappa shape index (κ3) is 3.20. The van der Waals surface area contributed by atoms with Gasteiger partial charge in [0.2, 0.25) is 0 Å². The van der Waals surface area contributed by atoms with Gasteiger partial charge in [0, 0.05) is 11.4 Å². The first-order valence-corrected chi connectivity index (χ1v) is 10.0. The molecule has 0 aliphatic carbocycles. The number of fused-ring (bicyclic) bond motifs is 6. The van der Waals surface area contributed by atoms with Crippen molar-refractivity contribution < 1.29 is 21.1 Å². The molecule has 0 amide bonds. The Morgan fingerprint density at radius 1 is 0.724 bits per heavy atom. The van der Waals surface area contributed by atoms with E-state index in [1.54, 1.807) is 0 Å². The third-order valence-corrected chi connectivity index (χ3v) is 5.86. The van der Waals surface area contributed by atoms with E-state index in [0.717, 1.165) is 61.3 Å². The quantitative estimate of drug-likeness (QED) is 0.360. The molecular formula is C24H20N4Pt. The number of hydrogen-bond acceptors (Lipinski definition) is 2. The van der Waals surface area contributed by atoms with Crippen LogP contribution in [0.5, 0.6) is 0 Å². The van der Waals surface area contributed by atoms with Crippen LogP contribution in [0.25, 0.3) is 11.4 Å². The average molecular weight is 560 g/mol. The Hall–Kier alpha value is -2.45. The van der Waals surface area contributed by atoms with Crippen LogP contribution in [0.1, 0.15) is 33.9 Å². The van der Waals surface area contributed by atoms with Crippen LogP contribution >= 0.6 is 0 Å². The smallest absolute Gasteiger partial charge is 0.262 e. The van der Waals surface area contributed by atoms with Crippen LogP contribution in [0.3, 0.4) is 0 Å². The van der Waals surface area contributed by atoms with Gasteiger partial charge in [-0.2, -0.15) is 58.7 Å². The zero-order valence-corrected chi connectivity index (χ0v) is 18.2. The van der Waals surface area contributed by atoms with E-state index in [0.29, 0.717) is 0 Å². The van der Waals surface area contributed by atoms with Crippen LogP contribution in [-0.2, 0) is 59.6 Å². The van der Waals surface area contributed by atoms with E-state index in [9.17, 15) is 0 Å². The molecule has 0 unspecified atom stereocenters. The molecule has 0 atom stereocenters. The summed E-state index contributed by atoms with van der Waals surface area (Å²) in [5, 5.41) is 9.74. The van der Waals surface area contributed by atoms with Crippen molar-refractivity contribution in [2.24, 2.45) is 0 Å². The molecule has 2 aromatic heterocycles. The van der Waals surface area contributed by atoms with Gasteiger partial charge in [-0.15, -0.1) is 11.1 Å². The summed E-state index contributed by atoms with van der Waals surface area (Å²) in [6.07, 6.45) is 6.05. The summed E-state index contributed by atoms with van der Waals surface area (Å²) in [5.41, 5.74) is 9.74. The molecule has 2 aliphatic rings. The Labute approximate surface area is 184 Å². The minimum absolute atomic E-state index is 0. The van der Waals surface area contributed by atoms with Crippen molar-refractivity contribution in [2.45, 2.75) is 38.5 Å². The predicted molar refractivity (Wildman–Crippen MR) is 107 cm³/mol. The first-order valence-electron chi connectivity index (χ1n) is 10.0. The molecule has 0 radical (unpaired) electrons. The van der Waals surface area contributed by atoms with Crippen molar-refractivity contribution in [3.8, 4) is 11.4 Å². The van der Waals surface area contributed by atoms with Gasteiger partial charge in [0.15, 0.2) is 0 Å². The zero-order chi connectivity index (χ0) is 18.5. The van der Waals surface area contributed by atoms with E-state index in [4.69, 9.17) is 10.2 Å². The van der Waals surface area contributed by atoms with Crippen LogP contribution in [0.2, 0.25) is 0 Å². The molecule has 2 aliphatic heterocycles. The van der Waals surface area contributed by atoms with Crippen molar-refractivity contribution >= 4 is 0 Å². The Balaban J connectivity index is 0.00000181. The summed E-state index contributed by atoms with van der Waals surface area (Å²) < 4.78 is 4.16. The maximum Gasteiger partial charge on any atom is 2.00 e. The number of nitrogens with zero attached hydrogens (tertiary/aromatic N) is 4. The van der Waals surface area contributed by atoms with E-state index < -0.39 is 0 Å². The zero-order valence-electron chi connectivity index (χ0n) is 16.0.